The van der Waals surface area contributed by atoms with Crippen molar-refractivity contribution >= 4 is 5.82 Å². The molecule has 0 aromatic carbocycles. The van der Waals surface area contributed by atoms with Gasteiger partial charge in [0.2, 0.25) is 0 Å². The maximum atomic E-state index is 5.62. The SMILES string of the molecule is CC(C)NCc1cncc(N(C)C2CCOC2C)n1. The van der Waals surface area contributed by atoms with Crippen LogP contribution in [0.25, 0.3) is 0 Å². The first-order valence-electron chi connectivity index (χ1n) is 6.96. The maximum absolute atomic E-state index is 5.62. The van der Waals surface area contributed by atoms with Crippen molar-refractivity contribution < 1.29 is 4.74 Å². The van der Waals surface area contributed by atoms with Gasteiger partial charge in [0.05, 0.1) is 24.0 Å². The molecular formula is C14H24N4O. The van der Waals surface area contributed by atoms with Crippen LogP contribution in [0.4, 0.5) is 5.82 Å². The Labute approximate surface area is 115 Å². The van der Waals surface area contributed by atoms with Crippen LogP contribution in [0.5, 0.6) is 0 Å². The Balaban J connectivity index is 2.05. The standard InChI is InChI=1S/C14H24N4O/c1-10(2)16-8-12-7-15-9-14(17-12)18(4)13-5-6-19-11(13)3/h7,9-11,13,16H,5-6,8H2,1-4H3. The molecule has 1 fully saturated rings. The van der Waals surface area contributed by atoms with Crippen LogP contribution in [0.2, 0.25) is 0 Å². The molecule has 1 saturated heterocycles. The Bertz CT molecular complexity index is 410. The van der Waals surface area contributed by atoms with E-state index in [0.29, 0.717) is 12.1 Å². The molecule has 106 valence electrons. The molecule has 2 rings (SSSR count). The molecule has 2 atom stereocenters. The van der Waals surface area contributed by atoms with Crippen molar-refractivity contribution in [1.29, 1.82) is 0 Å². The summed E-state index contributed by atoms with van der Waals surface area (Å²) in [6.45, 7) is 7.95. The number of hydrogen-bond donors (Lipinski definition) is 1. The van der Waals surface area contributed by atoms with Crippen molar-refractivity contribution in [3.05, 3.63) is 18.1 Å². The monoisotopic (exact) mass is 264 g/mol. The van der Waals surface area contributed by atoms with Gasteiger partial charge in [-0.3, -0.25) is 4.98 Å². The average Bonchev–Trinajstić information content (AvgIpc) is 2.82. The average molecular weight is 264 g/mol. The van der Waals surface area contributed by atoms with E-state index in [1.165, 1.54) is 0 Å². The Hall–Kier alpha value is -1.20. The summed E-state index contributed by atoms with van der Waals surface area (Å²) >= 11 is 0. The van der Waals surface area contributed by atoms with Gasteiger partial charge in [0.15, 0.2) is 0 Å². The maximum Gasteiger partial charge on any atom is 0.147 e. The third-order valence-corrected chi connectivity index (χ3v) is 3.56. The molecule has 19 heavy (non-hydrogen) atoms. The Morgan fingerprint density at radius 1 is 1.47 bits per heavy atom. The van der Waals surface area contributed by atoms with Crippen molar-refractivity contribution in [3.8, 4) is 0 Å². The molecule has 1 aromatic rings. The second-order valence-corrected chi connectivity index (χ2v) is 5.45. The van der Waals surface area contributed by atoms with Gasteiger partial charge in [-0.25, -0.2) is 4.98 Å². The summed E-state index contributed by atoms with van der Waals surface area (Å²) in [6.07, 6.45) is 4.95. The summed E-state index contributed by atoms with van der Waals surface area (Å²) < 4.78 is 5.62. The molecule has 1 N–H and O–H groups in total. The summed E-state index contributed by atoms with van der Waals surface area (Å²) in [7, 11) is 2.07. The lowest BCUT2D eigenvalue weighted by Crippen LogP contribution is -2.37. The van der Waals surface area contributed by atoms with Crippen LogP contribution in [0.15, 0.2) is 12.4 Å². The number of ether oxygens (including phenoxy) is 1. The lowest BCUT2D eigenvalue weighted by atomic mass is 10.1. The zero-order valence-electron chi connectivity index (χ0n) is 12.3. The van der Waals surface area contributed by atoms with Crippen LogP contribution in [-0.4, -0.2) is 41.8 Å². The molecule has 0 aliphatic carbocycles. The normalized spacial score (nSPS) is 23.0. The zero-order valence-corrected chi connectivity index (χ0v) is 12.3. The van der Waals surface area contributed by atoms with Gasteiger partial charge in [0, 0.05) is 32.4 Å². The topological polar surface area (TPSA) is 50.3 Å². The van der Waals surface area contributed by atoms with Gasteiger partial charge in [0.1, 0.15) is 5.82 Å². The molecule has 0 saturated carbocycles. The second kappa shape index (κ2) is 6.30. The van der Waals surface area contributed by atoms with Crippen LogP contribution >= 0.6 is 0 Å². The van der Waals surface area contributed by atoms with E-state index in [-0.39, 0.29) is 6.10 Å². The molecule has 1 aromatic heterocycles. The van der Waals surface area contributed by atoms with Gasteiger partial charge in [-0.05, 0) is 13.3 Å². The number of hydrogen-bond acceptors (Lipinski definition) is 5. The molecule has 2 heterocycles. The van der Waals surface area contributed by atoms with Crippen LogP contribution in [-0.2, 0) is 11.3 Å². The predicted octanol–water partition coefficient (Wildman–Crippen LogP) is 1.59. The fraction of sp³-hybridized carbons (Fsp3) is 0.714. The van der Waals surface area contributed by atoms with Gasteiger partial charge in [-0.2, -0.15) is 0 Å². The molecule has 0 amide bonds. The molecule has 0 bridgehead atoms. The summed E-state index contributed by atoms with van der Waals surface area (Å²) in [4.78, 5) is 11.1. The predicted molar refractivity (Wildman–Crippen MR) is 76.2 cm³/mol. The van der Waals surface area contributed by atoms with Crippen molar-refractivity contribution in [2.75, 3.05) is 18.6 Å². The number of likely N-dealkylation sites (N-methyl/N-ethyl adjacent to an activating group) is 1. The van der Waals surface area contributed by atoms with Gasteiger partial charge in [-0.15, -0.1) is 0 Å². The highest BCUT2D eigenvalue weighted by Gasteiger charge is 2.28. The Morgan fingerprint density at radius 2 is 2.26 bits per heavy atom. The lowest BCUT2D eigenvalue weighted by molar-refractivity contribution is 0.118. The molecule has 1 aliphatic heterocycles. The first kappa shape index (κ1) is 14.2. The van der Waals surface area contributed by atoms with E-state index in [1.807, 2.05) is 12.4 Å². The van der Waals surface area contributed by atoms with E-state index < -0.39 is 0 Å². The van der Waals surface area contributed by atoms with E-state index in [9.17, 15) is 0 Å². The summed E-state index contributed by atoms with van der Waals surface area (Å²) in [5, 5.41) is 3.36. The summed E-state index contributed by atoms with van der Waals surface area (Å²) in [5.74, 6) is 0.922. The van der Waals surface area contributed by atoms with E-state index in [1.54, 1.807) is 0 Å². The third kappa shape index (κ3) is 3.64. The van der Waals surface area contributed by atoms with Crippen LogP contribution in [0, 0.1) is 0 Å². The molecular weight excluding hydrogens is 240 g/mol. The van der Waals surface area contributed by atoms with E-state index in [0.717, 1.165) is 31.1 Å². The minimum Gasteiger partial charge on any atom is -0.376 e. The molecule has 5 heteroatoms. The molecule has 5 nitrogen and oxygen atoms in total. The smallest absolute Gasteiger partial charge is 0.147 e. The van der Waals surface area contributed by atoms with Crippen molar-refractivity contribution in [2.45, 2.75) is 51.9 Å². The van der Waals surface area contributed by atoms with Crippen LogP contribution < -0.4 is 10.2 Å². The number of nitrogens with one attached hydrogen (secondary N) is 1. The zero-order chi connectivity index (χ0) is 13.8. The largest absolute Gasteiger partial charge is 0.376 e. The molecule has 2 unspecified atom stereocenters. The van der Waals surface area contributed by atoms with Crippen molar-refractivity contribution in [2.24, 2.45) is 0 Å². The molecule has 1 aliphatic rings. The van der Waals surface area contributed by atoms with Gasteiger partial charge < -0.3 is 15.0 Å². The minimum atomic E-state index is 0.254. The van der Waals surface area contributed by atoms with Crippen LogP contribution in [0.1, 0.15) is 32.9 Å². The number of nitrogens with zero attached hydrogens (tertiary/aromatic N) is 3. The van der Waals surface area contributed by atoms with E-state index in [2.05, 4.69) is 48.0 Å². The summed E-state index contributed by atoms with van der Waals surface area (Å²) in [5.41, 5.74) is 0.976. The van der Waals surface area contributed by atoms with Crippen LogP contribution in [0.3, 0.4) is 0 Å². The number of aromatic nitrogens is 2. The van der Waals surface area contributed by atoms with E-state index >= 15 is 0 Å². The van der Waals surface area contributed by atoms with Gasteiger partial charge in [-0.1, -0.05) is 13.8 Å². The van der Waals surface area contributed by atoms with E-state index in [4.69, 9.17) is 4.74 Å². The quantitative estimate of drug-likeness (QED) is 0.875. The minimum absolute atomic E-state index is 0.254. The Kier molecular flexibility index (Phi) is 4.71. The first-order chi connectivity index (χ1) is 9.08. The third-order valence-electron chi connectivity index (χ3n) is 3.56. The Morgan fingerprint density at radius 3 is 2.89 bits per heavy atom. The fourth-order valence-corrected chi connectivity index (χ4v) is 2.36. The first-order valence-corrected chi connectivity index (χ1v) is 6.96. The second-order valence-electron chi connectivity index (χ2n) is 5.45. The highest BCUT2D eigenvalue weighted by atomic mass is 16.5. The highest BCUT2D eigenvalue weighted by molar-refractivity contribution is 5.37. The molecule has 0 radical (unpaired) electrons. The van der Waals surface area contributed by atoms with Gasteiger partial charge >= 0.3 is 0 Å². The number of rotatable bonds is 5. The lowest BCUT2D eigenvalue weighted by Gasteiger charge is -2.27. The summed E-state index contributed by atoms with van der Waals surface area (Å²) in [6, 6.07) is 0.842. The highest BCUT2D eigenvalue weighted by Crippen LogP contribution is 2.22. The van der Waals surface area contributed by atoms with Crippen molar-refractivity contribution in [1.82, 2.24) is 15.3 Å². The van der Waals surface area contributed by atoms with Crippen molar-refractivity contribution in [3.63, 3.8) is 0 Å². The fourth-order valence-electron chi connectivity index (χ4n) is 2.36. The number of anilines is 1. The molecule has 0 spiro atoms. The van der Waals surface area contributed by atoms with Gasteiger partial charge in [0.25, 0.3) is 0 Å².